The first-order valence-corrected chi connectivity index (χ1v) is 8.91. The summed E-state index contributed by atoms with van der Waals surface area (Å²) < 4.78 is 15.9. The van der Waals surface area contributed by atoms with E-state index in [-0.39, 0.29) is 29.6 Å². The number of hydrogen-bond donors (Lipinski definition) is 2. The molecular weight excluding hydrogens is 383 g/mol. The number of pyridine rings is 1. The molecular formula is C21H18ClFN2O3. The van der Waals surface area contributed by atoms with Crippen LogP contribution >= 0.6 is 11.6 Å². The highest BCUT2D eigenvalue weighted by Crippen LogP contribution is 2.19. The molecule has 0 spiro atoms. The molecule has 0 fully saturated rings. The SMILES string of the molecule is Cn1cc(C(=O)NCc2ccc(Cl)cc2)c(=O)c2cc(C=CCO)cc(F)c21. The molecule has 1 aromatic heterocycles. The number of aliphatic hydroxyl groups excluding tert-OH is 1. The van der Waals surface area contributed by atoms with Crippen LogP contribution in [-0.4, -0.2) is 22.2 Å². The number of nitrogens with one attached hydrogen (secondary N) is 1. The van der Waals surface area contributed by atoms with Gasteiger partial charge in [-0.25, -0.2) is 4.39 Å². The van der Waals surface area contributed by atoms with Crippen molar-refractivity contribution in [3.05, 3.63) is 86.4 Å². The van der Waals surface area contributed by atoms with Crippen LogP contribution in [-0.2, 0) is 13.6 Å². The van der Waals surface area contributed by atoms with Gasteiger partial charge in [-0.15, -0.1) is 0 Å². The van der Waals surface area contributed by atoms with Crippen LogP contribution in [0.4, 0.5) is 4.39 Å². The quantitative estimate of drug-likeness (QED) is 0.690. The largest absolute Gasteiger partial charge is 0.392 e. The summed E-state index contributed by atoms with van der Waals surface area (Å²) >= 11 is 5.84. The third-order valence-corrected chi connectivity index (χ3v) is 4.53. The summed E-state index contributed by atoms with van der Waals surface area (Å²) in [6.45, 7) is 0.0235. The van der Waals surface area contributed by atoms with E-state index < -0.39 is 17.2 Å². The van der Waals surface area contributed by atoms with Gasteiger partial charge in [-0.1, -0.05) is 35.9 Å². The molecule has 0 unspecified atom stereocenters. The van der Waals surface area contributed by atoms with Gasteiger partial charge in [-0.2, -0.15) is 0 Å². The fourth-order valence-corrected chi connectivity index (χ4v) is 3.07. The number of amides is 1. The summed E-state index contributed by atoms with van der Waals surface area (Å²) in [6.07, 6.45) is 4.27. The molecule has 28 heavy (non-hydrogen) atoms. The highest BCUT2D eigenvalue weighted by Gasteiger charge is 2.17. The van der Waals surface area contributed by atoms with Crippen molar-refractivity contribution in [2.24, 2.45) is 7.05 Å². The Morgan fingerprint density at radius 1 is 1.29 bits per heavy atom. The van der Waals surface area contributed by atoms with Crippen molar-refractivity contribution in [1.29, 1.82) is 0 Å². The average Bonchev–Trinajstić information content (AvgIpc) is 2.68. The first kappa shape index (κ1) is 19.8. The molecule has 0 atom stereocenters. The smallest absolute Gasteiger partial charge is 0.257 e. The summed E-state index contributed by atoms with van der Waals surface area (Å²) in [5, 5.41) is 12.3. The first-order chi connectivity index (χ1) is 13.4. The number of halogens is 2. The Kier molecular flexibility index (Phi) is 5.92. The lowest BCUT2D eigenvalue weighted by Crippen LogP contribution is -2.29. The lowest BCUT2D eigenvalue weighted by atomic mass is 10.1. The van der Waals surface area contributed by atoms with Crippen LogP contribution in [0.3, 0.4) is 0 Å². The molecule has 0 aliphatic heterocycles. The van der Waals surface area contributed by atoms with Crippen molar-refractivity contribution >= 4 is 34.5 Å². The Labute approximate surface area is 165 Å². The first-order valence-electron chi connectivity index (χ1n) is 8.53. The summed E-state index contributed by atoms with van der Waals surface area (Å²) in [4.78, 5) is 25.4. The fraction of sp³-hybridized carbons (Fsp3) is 0.143. The average molecular weight is 401 g/mol. The maximum Gasteiger partial charge on any atom is 0.257 e. The number of benzene rings is 2. The maximum atomic E-state index is 14.5. The molecule has 5 nitrogen and oxygen atoms in total. The highest BCUT2D eigenvalue weighted by atomic mass is 35.5. The van der Waals surface area contributed by atoms with Gasteiger partial charge in [0.25, 0.3) is 5.91 Å². The van der Waals surface area contributed by atoms with Gasteiger partial charge >= 0.3 is 0 Å². The zero-order chi connectivity index (χ0) is 20.3. The summed E-state index contributed by atoms with van der Waals surface area (Å²) in [5.41, 5.74) is 0.736. The van der Waals surface area contributed by atoms with Crippen LogP contribution in [0.25, 0.3) is 17.0 Å². The van der Waals surface area contributed by atoms with E-state index in [1.807, 2.05) is 0 Å². The molecule has 0 saturated carbocycles. The van der Waals surface area contributed by atoms with E-state index in [0.717, 1.165) is 5.56 Å². The minimum atomic E-state index is -0.581. The third kappa shape index (κ3) is 4.13. The second-order valence-electron chi connectivity index (χ2n) is 6.28. The van der Waals surface area contributed by atoms with Crippen LogP contribution in [0.1, 0.15) is 21.5 Å². The van der Waals surface area contributed by atoms with Gasteiger partial charge < -0.3 is 15.0 Å². The highest BCUT2D eigenvalue weighted by molar-refractivity contribution is 6.30. The standard InChI is InChI=1S/C21H18ClFN2O3/c1-25-12-17(21(28)24-11-13-4-6-15(22)7-5-13)20(27)16-9-14(3-2-8-26)10-18(23)19(16)25/h2-7,9-10,12,26H,8,11H2,1H3,(H,24,28). The number of nitrogens with zero attached hydrogens (tertiary/aromatic N) is 1. The Morgan fingerprint density at radius 2 is 2.00 bits per heavy atom. The number of rotatable bonds is 5. The van der Waals surface area contributed by atoms with Gasteiger partial charge in [0.15, 0.2) is 0 Å². The van der Waals surface area contributed by atoms with Crippen LogP contribution in [0.2, 0.25) is 5.02 Å². The molecule has 0 bridgehead atoms. The Morgan fingerprint density at radius 3 is 2.68 bits per heavy atom. The van der Waals surface area contributed by atoms with Crippen molar-refractivity contribution in [2.45, 2.75) is 6.54 Å². The predicted octanol–water partition coefficient (Wildman–Crippen LogP) is 3.27. The Bertz CT molecular complexity index is 1120. The minimum Gasteiger partial charge on any atom is -0.392 e. The van der Waals surface area contributed by atoms with E-state index in [0.29, 0.717) is 10.6 Å². The molecule has 0 aliphatic carbocycles. The van der Waals surface area contributed by atoms with Gasteiger partial charge in [0.2, 0.25) is 5.43 Å². The van der Waals surface area contributed by atoms with E-state index in [9.17, 15) is 14.0 Å². The minimum absolute atomic E-state index is 0.0772. The summed E-state index contributed by atoms with van der Waals surface area (Å²) in [5.74, 6) is -1.13. The van der Waals surface area contributed by atoms with Gasteiger partial charge in [0.05, 0.1) is 17.5 Å². The lowest BCUT2D eigenvalue weighted by Gasteiger charge is -2.11. The summed E-state index contributed by atoms with van der Waals surface area (Å²) in [7, 11) is 1.57. The molecule has 0 aliphatic rings. The van der Waals surface area contributed by atoms with Crippen molar-refractivity contribution in [2.75, 3.05) is 6.61 Å². The van der Waals surface area contributed by atoms with Gasteiger partial charge in [-0.05, 0) is 35.4 Å². The molecule has 144 valence electrons. The molecule has 1 amide bonds. The number of aromatic nitrogens is 1. The van der Waals surface area contributed by atoms with E-state index >= 15 is 0 Å². The number of carbonyl (C=O) groups excluding carboxylic acids is 1. The molecule has 2 aromatic carbocycles. The van der Waals surface area contributed by atoms with Crippen molar-refractivity contribution in [3.8, 4) is 0 Å². The number of fused-ring (bicyclic) bond motifs is 1. The second kappa shape index (κ2) is 8.37. The molecule has 3 rings (SSSR count). The maximum absolute atomic E-state index is 14.5. The third-order valence-electron chi connectivity index (χ3n) is 4.28. The molecule has 2 N–H and O–H groups in total. The number of hydrogen-bond acceptors (Lipinski definition) is 3. The lowest BCUT2D eigenvalue weighted by molar-refractivity contribution is 0.0949. The number of aliphatic hydroxyl groups is 1. The van der Waals surface area contributed by atoms with E-state index in [2.05, 4.69) is 5.32 Å². The zero-order valence-electron chi connectivity index (χ0n) is 15.1. The Hall–Kier alpha value is -2.96. The number of aryl methyl sites for hydroxylation is 1. The van der Waals surface area contributed by atoms with Gasteiger partial charge in [0, 0.05) is 24.8 Å². The van der Waals surface area contributed by atoms with Crippen molar-refractivity contribution < 1.29 is 14.3 Å². The fourth-order valence-electron chi connectivity index (χ4n) is 2.94. The van der Waals surface area contributed by atoms with E-state index in [1.165, 1.54) is 35.0 Å². The molecule has 3 aromatic rings. The van der Waals surface area contributed by atoms with Crippen molar-refractivity contribution in [3.63, 3.8) is 0 Å². The zero-order valence-corrected chi connectivity index (χ0v) is 15.8. The molecule has 0 saturated heterocycles. The van der Waals surface area contributed by atoms with Gasteiger partial charge in [-0.3, -0.25) is 9.59 Å². The van der Waals surface area contributed by atoms with E-state index in [1.54, 1.807) is 31.3 Å². The normalized spacial score (nSPS) is 11.3. The predicted molar refractivity (Wildman–Crippen MR) is 108 cm³/mol. The van der Waals surface area contributed by atoms with Crippen LogP contribution in [0.15, 0.2) is 53.5 Å². The van der Waals surface area contributed by atoms with Crippen LogP contribution in [0, 0.1) is 5.82 Å². The molecule has 0 radical (unpaired) electrons. The second-order valence-corrected chi connectivity index (χ2v) is 6.71. The van der Waals surface area contributed by atoms with Crippen LogP contribution < -0.4 is 10.7 Å². The molecule has 1 heterocycles. The van der Waals surface area contributed by atoms with Crippen molar-refractivity contribution in [1.82, 2.24) is 9.88 Å². The van der Waals surface area contributed by atoms with Crippen LogP contribution in [0.5, 0.6) is 0 Å². The monoisotopic (exact) mass is 400 g/mol. The number of carbonyl (C=O) groups is 1. The molecule has 7 heteroatoms. The van der Waals surface area contributed by atoms with E-state index in [4.69, 9.17) is 16.7 Å². The summed E-state index contributed by atoms with van der Waals surface area (Å²) in [6, 6.07) is 9.74. The topological polar surface area (TPSA) is 71.3 Å². The van der Waals surface area contributed by atoms with Gasteiger partial charge in [0.1, 0.15) is 11.4 Å². The Balaban J connectivity index is 1.97.